The molecule has 1 aromatic rings. The lowest BCUT2D eigenvalue weighted by atomic mass is 10.1. The van der Waals surface area contributed by atoms with Gasteiger partial charge in [-0.25, -0.2) is 0 Å². The van der Waals surface area contributed by atoms with Crippen LogP contribution in [0.5, 0.6) is 5.75 Å². The first kappa shape index (κ1) is 14.3. The van der Waals surface area contributed by atoms with Crippen LogP contribution in [-0.4, -0.2) is 47.6 Å². The van der Waals surface area contributed by atoms with Crippen molar-refractivity contribution >= 4 is 15.9 Å². The molecule has 0 aliphatic carbocycles. The van der Waals surface area contributed by atoms with Crippen molar-refractivity contribution in [2.24, 2.45) is 0 Å². The van der Waals surface area contributed by atoms with Crippen molar-refractivity contribution in [2.45, 2.75) is 13.0 Å². The molecule has 1 saturated heterocycles. The lowest BCUT2D eigenvalue weighted by Gasteiger charge is -2.36. The van der Waals surface area contributed by atoms with Crippen LogP contribution in [0.4, 0.5) is 0 Å². The molecule has 1 atom stereocenters. The summed E-state index contributed by atoms with van der Waals surface area (Å²) in [6.45, 7) is 7.06. The van der Waals surface area contributed by atoms with Crippen LogP contribution in [0, 0.1) is 11.3 Å². The normalized spacial score (nSPS) is 19.0. The summed E-state index contributed by atoms with van der Waals surface area (Å²) >= 11 is 3.30. The van der Waals surface area contributed by atoms with Crippen LogP contribution in [0.3, 0.4) is 0 Å². The Bertz CT molecular complexity index is 478. The summed E-state index contributed by atoms with van der Waals surface area (Å²) in [5.74, 6) is 0.205. The van der Waals surface area contributed by atoms with Gasteiger partial charge in [0.25, 0.3) is 0 Å². The number of nitriles is 1. The number of benzene rings is 1. The molecular weight excluding hydrogens is 306 g/mol. The average Bonchev–Trinajstić information content (AvgIpc) is 2.44. The fourth-order valence-electron chi connectivity index (χ4n) is 2.40. The molecule has 4 nitrogen and oxygen atoms in total. The largest absolute Gasteiger partial charge is 0.507 e. The third-order valence-corrected chi connectivity index (χ3v) is 4.26. The summed E-state index contributed by atoms with van der Waals surface area (Å²) in [6, 6.07) is 7.41. The molecule has 0 spiro atoms. The van der Waals surface area contributed by atoms with Crippen LogP contribution in [-0.2, 0) is 0 Å². The van der Waals surface area contributed by atoms with E-state index in [1.165, 1.54) is 0 Å². The topological polar surface area (TPSA) is 50.5 Å². The van der Waals surface area contributed by atoms with Gasteiger partial charge in [-0.2, -0.15) is 5.26 Å². The van der Waals surface area contributed by atoms with Crippen molar-refractivity contribution in [3.8, 4) is 11.8 Å². The van der Waals surface area contributed by atoms with Gasteiger partial charge < -0.3 is 10.0 Å². The van der Waals surface area contributed by atoms with E-state index in [4.69, 9.17) is 0 Å². The number of hydrogen-bond acceptors (Lipinski definition) is 4. The fourth-order valence-corrected chi connectivity index (χ4v) is 2.79. The molecule has 19 heavy (non-hydrogen) atoms. The molecule has 1 fully saturated rings. The Kier molecular flexibility index (Phi) is 4.81. The van der Waals surface area contributed by atoms with Crippen LogP contribution < -0.4 is 0 Å². The standard InChI is InChI=1S/C14H18BrN3O/c1-2-17-5-7-18(8-6-17)13(10-16)11-3-4-14(19)12(15)9-11/h3-4,9,13,19H,2,5-8H2,1H3. The molecule has 0 radical (unpaired) electrons. The van der Waals surface area contributed by atoms with Gasteiger partial charge in [0.05, 0.1) is 10.5 Å². The molecule has 2 rings (SSSR count). The van der Waals surface area contributed by atoms with Gasteiger partial charge in [-0.1, -0.05) is 13.0 Å². The monoisotopic (exact) mass is 323 g/mol. The molecule has 1 unspecified atom stereocenters. The highest BCUT2D eigenvalue weighted by atomic mass is 79.9. The molecule has 1 heterocycles. The zero-order valence-corrected chi connectivity index (χ0v) is 12.6. The Hall–Kier alpha value is -1.09. The second-order valence-corrected chi connectivity index (χ2v) is 5.57. The summed E-state index contributed by atoms with van der Waals surface area (Å²) < 4.78 is 0.637. The molecule has 1 aliphatic rings. The number of hydrogen-bond donors (Lipinski definition) is 1. The van der Waals surface area contributed by atoms with E-state index in [0.717, 1.165) is 38.3 Å². The Balaban J connectivity index is 2.12. The number of rotatable bonds is 3. The molecule has 1 N–H and O–H groups in total. The van der Waals surface area contributed by atoms with Gasteiger partial charge in [-0.05, 0) is 40.2 Å². The van der Waals surface area contributed by atoms with Crippen molar-refractivity contribution in [2.75, 3.05) is 32.7 Å². The first-order valence-corrected chi connectivity index (χ1v) is 7.29. The van der Waals surface area contributed by atoms with E-state index < -0.39 is 0 Å². The number of piperazine rings is 1. The number of nitrogens with zero attached hydrogens (tertiary/aromatic N) is 3. The minimum Gasteiger partial charge on any atom is -0.507 e. The molecule has 102 valence electrons. The average molecular weight is 324 g/mol. The molecule has 0 amide bonds. The molecule has 0 aromatic heterocycles. The van der Waals surface area contributed by atoms with Crippen molar-refractivity contribution in [3.05, 3.63) is 28.2 Å². The first-order chi connectivity index (χ1) is 9.15. The summed E-state index contributed by atoms with van der Waals surface area (Å²) in [5.41, 5.74) is 0.928. The van der Waals surface area contributed by atoms with Gasteiger partial charge >= 0.3 is 0 Å². The van der Waals surface area contributed by atoms with Crippen molar-refractivity contribution in [3.63, 3.8) is 0 Å². The van der Waals surface area contributed by atoms with Crippen LogP contribution in [0.1, 0.15) is 18.5 Å². The lowest BCUT2D eigenvalue weighted by molar-refractivity contribution is 0.118. The van der Waals surface area contributed by atoms with Crippen molar-refractivity contribution in [1.29, 1.82) is 5.26 Å². The van der Waals surface area contributed by atoms with E-state index in [1.807, 2.05) is 12.1 Å². The third-order valence-electron chi connectivity index (χ3n) is 3.63. The second kappa shape index (κ2) is 6.38. The van der Waals surface area contributed by atoms with Crippen LogP contribution in [0.25, 0.3) is 0 Å². The van der Waals surface area contributed by atoms with Gasteiger partial charge in [0.2, 0.25) is 0 Å². The van der Waals surface area contributed by atoms with Gasteiger partial charge in [-0.3, -0.25) is 4.90 Å². The van der Waals surface area contributed by atoms with Gasteiger partial charge in [0, 0.05) is 26.2 Å². The SMILES string of the molecule is CCN1CCN(C(C#N)c2ccc(O)c(Br)c2)CC1. The Morgan fingerprint density at radius 3 is 2.58 bits per heavy atom. The predicted octanol–water partition coefficient (Wildman–Crippen LogP) is 2.36. The number of phenols is 1. The molecule has 1 aliphatic heterocycles. The lowest BCUT2D eigenvalue weighted by Crippen LogP contribution is -2.47. The highest BCUT2D eigenvalue weighted by Gasteiger charge is 2.24. The van der Waals surface area contributed by atoms with Crippen LogP contribution >= 0.6 is 15.9 Å². The molecule has 0 bridgehead atoms. The molecular formula is C14H18BrN3O. The quantitative estimate of drug-likeness (QED) is 0.927. The molecule has 0 saturated carbocycles. The molecule has 1 aromatic carbocycles. The Labute approximate surface area is 122 Å². The highest BCUT2D eigenvalue weighted by Crippen LogP contribution is 2.29. The fraction of sp³-hybridized carbons (Fsp3) is 0.500. The summed E-state index contributed by atoms with van der Waals surface area (Å²) in [7, 11) is 0. The second-order valence-electron chi connectivity index (χ2n) is 4.71. The van der Waals surface area contributed by atoms with Gasteiger partial charge in [0.1, 0.15) is 11.8 Å². The third kappa shape index (κ3) is 3.27. The van der Waals surface area contributed by atoms with E-state index in [0.29, 0.717) is 4.47 Å². The maximum Gasteiger partial charge on any atom is 0.129 e. The zero-order chi connectivity index (χ0) is 13.8. The van der Waals surface area contributed by atoms with E-state index in [1.54, 1.807) is 6.07 Å². The van der Waals surface area contributed by atoms with Crippen molar-refractivity contribution < 1.29 is 5.11 Å². The molecule has 5 heteroatoms. The van der Waals surface area contributed by atoms with E-state index >= 15 is 0 Å². The minimum absolute atomic E-state index is 0.205. The Morgan fingerprint density at radius 2 is 2.05 bits per heavy atom. The van der Waals surface area contributed by atoms with Crippen molar-refractivity contribution in [1.82, 2.24) is 9.80 Å². The van der Waals surface area contributed by atoms with Gasteiger partial charge in [-0.15, -0.1) is 0 Å². The number of aromatic hydroxyl groups is 1. The maximum atomic E-state index is 9.53. The highest BCUT2D eigenvalue weighted by molar-refractivity contribution is 9.10. The van der Waals surface area contributed by atoms with E-state index in [9.17, 15) is 10.4 Å². The minimum atomic E-state index is -0.240. The summed E-state index contributed by atoms with van der Waals surface area (Å²) in [5, 5.41) is 19.0. The zero-order valence-electron chi connectivity index (χ0n) is 11.0. The first-order valence-electron chi connectivity index (χ1n) is 6.50. The Morgan fingerprint density at radius 1 is 1.37 bits per heavy atom. The number of likely N-dealkylation sites (N-methyl/N-ethyl adjacent to an activating group) is 1. The smallest absolute Gasteiger partial charge is 0.129 e. The summed E-state index contributed by atoms with van der Waals surface area (Å²) in [6.07, 6.45) is 0. The number of halogens is 1. The number of phenolic OH excluding ortho intramolecular Hbond substituents is 1. The maximum absolute atomic E-state index is 9.53. The van der Waals surface area contributed by atoms with Crippen LogP contribution in [0.2, 0.25) is 0 Å². The predicted molar refractivity (Wildman–Crippen MR) is 77.8 cm³/mol. The van der Waals surface area contributed by atoms with Gasteiger partial charge in [0.15, 0.2) is 0 Å². The van der Waals surface area contributed by atoms with E-state index in [2.05, 4.69) is 38.7 Å². The van der Waals surface area contributed by atoms with E-state index in [-0.39, 0.29) is 11.8 Å². The summed E-state index contributed by atoms with van der Waals surface area (Å²) in [4.78, 5) is 4.59. The van der Waals surface area contributed by atoms with Crippen LogP contribution in [0.15, 0.2) is 22.7 Å².